The molecule has 1 aliphatic carbocycles. The van der Waals surface area contributed by atoms with E-state index in [0.717, 1.165) is 96.2 Å². The summed E-state index contributed by atoms with van der Waals surface area (Å²) in [4.78, 5) is 26.6. The van der Waals surface area contributed by atoms with Crippen molar-refractivity contribution >= 4 is 11.9 Å². The molecule has 44 heavy (non-hydrogen) atoms. The number of hydrogen-bond donors (Lipinski definition) is 1. The Balaban J connectivity index is 1.93. The Morgan fingerprint density at radius 2 is 1.09 bits per heavy atom. The summed E-state index contributed by atoms with van der Waals surface area (Å²) in [6, 6.07) is 0. The lowest BCUT2D eigenvalue weighted by atomic mass is 9.84. The maximum absolute atomic E-state index is 12.3. The van der Waals surface area contributed by atoms with Gasteiger partial charge in [-0.3, -0.25) is 9.59 Å². The molecular formula is C38H73NO5. The van der Waals surface area contributed by atoms with Crippen LogP contribution in [-0.2, 0) is 19.1 Å². The van der Waals surface area contributed by atoms with E-state index in [1.165, 1.54) is 89.9 Å². The molecule has 1 rings (SSSR count). The molecule has 0 atom stereocenters. The molecule has 1 saturated carbocycles. The van der Waals surface area contributed by atoms with Crippen molar-refractivity contribution in [1.29, 1.82) is 0 Å². The van der Waals surface area contributed by atoms with E-state index in [9.17, 15) is 14.7 Å². The van der Waals surface area contributed by atoms with Gasteiger partial charge in [0.2, 0.25) is 0 Å². The predicted octanol–water partition coefficient (Wildman–Crippen LogP) is 9.94. The van der Waals surface area contributed by atoms with Crippen LogP contribution in [0.4, 0.5) is 0 Å². The number of esters is 2. The van der Waals surface area contributed by atoms with E-state index in [2.05, 4.69) is 18.7 Å². The summed E-state index contributed by atoms with van der Waals surface area (Å²) >= 11 is 0. The molecule has 6 heteroatoms. The molecule has 0 radical (unpaired) electrons. The van der Waals surface area contributed by atoms with E-state index in [0.29, 0.717) is 19.4 Å². The third-order valence-electron chi connectivity index (χ3n) is 9.45. The van der Waals surface area contributed by atoms with Gasteiger partial charge >= 0.3 is 11.9 Å². The lowest BCUT2D eigenvalue weighted by Crippen LogP contribution is -2.29. The smallest absolute Gasteiger partial charge is 0.306 e. The molecule has 260 valence electrons. The van der Waals surface area contributed by atoms with Gasteiger partial charge in [0.15, 0.2) is 0 Å². The van der Waals surface area contributed by atoms with E-state index >= 15 is 0 Å². The van der Waals surface area contributed by atoms with Crippen LogP contribution >= 0.6 is 0 Å². The molecule has 1 aliphatic rings. The lowest BCUT2D eigenvalue weighted by Gasteiger charge is -2.28. The van der Waals surface area contributed by atoms with Crippen LogP contribution in [0.15, 0.2) is 0 Å². The number of ether oxygens (including phenoxy) is 2. The predicted molar refractivity (Wildman–Crippen MR) is 184 cm³/mol. The van der Waals surface area contributed by atoms with E-state index in [4.69, 9.17) is 9.47 Å². The summed E-state index contributed by atoms with van der Waals surface area (Å²) in [5.74, 6) is 0.825. The van der Waals surface area contributed by atoms with Crippen LogP contribution in [0.3, 0.4) is 0 Å². The summed E-state index contributed by atoms with van der Waals surface area (Å²) in [6.45, 7) is 8.11. The lowest BCUT2D eigenvalue weighted by molar-refractivity contribution is -0.151. The second-order valence-electron chi connectivity index (χ2n) is 13.6. The maximum atomic E-state index is 12.3. The van der Waals surface area contributed by atoms with E-state index in [-0.39, 0.29) is 24.6 Å². The summed E-state index contributed by atoms with van der Waals surface area (Å²) < 4.78 is 11.2. The van der Waals surface area contributed by atoms with Crippen LogP contribution in [-0.4, -0.2) is 60.9 Å². The van der Waals surface area contributed by atoms with E-state index < -0.39 is 0 Å². The SMILES string of the molecule is CCCCCCCCCOC(=O)CCCCCCCN(CCO)CCCCCCCC(=O)OC1CCC(CCCCC)CC1. The number of rotatable bonds is 31. The van der Waals surface area contributed by atoms with Gasteiger partial charge in [0.1, 0.15) is 6.10 Å². The highest BCUT2D eigenvalue weighted by Crippen LogP contribution is 2.30. The Labute approximate surface area is 272 Å². The molecule has 0 aromatic rings. The van der Waals surface area contributed by atoms with Gasteiger partial charge in [-0.25, -0.2) is 0 Å². The Morgan fingerprint density at radius 1 is 0.591 bits per heavy atom. The third kappa shape index (κ3) is 25.1. The highest BCUT2D eigenvalue weighted by atomic mass is 16.5. The fourth-order valence-corrected chi connectivity index (χ4v) is 6.53. The molecule has 0 saturated heterocycles. The van der Waals surface area contributed by atoms with Crippen LogP contribution in [0.1, 0.15) is 187 Å². The van der Waals surface area contributed by atoms with Gasteiger partial charge < -0.3 is 19.5 Å². The van der Waals surface area contributed by atoms with Gasteiger partial charge in [-0.15, -0.1) is 0 Å². The highest BCUT2D eigenvalue weighted by Gasteiger charge is 2.23. The highest BCUT2D eigenvalue weighted by molar-refractivity contribution is 5.69. The molecule has 0 aromatic carbocycles. The minimum atomic E-state index is -0.0319. The van der Waals surface area contributed by atoms with Crippen molar-refractivity contribution in [2.45, 2.75) is 193 Å². The molecule has 1 fully saturated rings. The van der Waals surface area contributed by atoms with Crippen LogP contribution < -0.4 is 0 Å². The molecule has 6 nitrogen and oxygen atoms in total. The van der Waals surface area contributed by atoms with E-state index in [1.807, 2.05) is 0 Å². The van der Waals surface area contributed by atoms with Crippen molar-refractivity contribution in [1.82, 2.24) is 4.90 Å². The van der Waals surface area contributed by atoms with Crippen molar-refractivity contribution in [3.8, 4) is 0 Å². The Bertz CT molecular complexity index is 649. The first-order valence-corrected chi connectivity index (χ1v) is 19.3. The van der Waals surface area contributed by atoms with Gasteiger partial charge in [-0.05, 0) is 76.8 Å². The van der Waals surface area contributed by atoms with Gasteiger partial charge in [-0.2, -0.15) is 0 Å². The Kier molecular flexibility index (Phi) is 28.3. The topological polar surface area (TPSA) is 76.1 Å². The largest absolute Gasteiger partial charge is 0.466 e. The first-order valence-electron chi connectivity index (χ1n) is 19.3. The Morgan fingerprint density at radius 3 is 1.68 bits per heavy atom. The summed E-state index contributed by atoms with van der Waals surface area (Å²) in [5.41, 5.74) is 0. The first-order chi connectivity index (χ1) is 21.6. The maximum Gasteiger partial charge on any atom is 0.306 e. The molecule has 0 aliphatic heterocycles. The molecule has 0 heterocycles. The molecule has 0 bridgehead atoms. The number of carbonyl (C=O) groups is 2. The zero-order chi connectivity index (χ0) is 31.9. The molecular weight excluding hydrogens is 550 g/mol. The summed E-state index contributed by atoms with van der Waals surface area (Å²) in [6.07, 6.45) is 30.8. The quantitative estimate of drug-likeness (QED) is 0.0612. The second-order valence-corrected chi connectivity index (χ2v) is 13.6. The average Bonchev–Trinajstić information content (AvgIpc) is 3.02. The van der Waals surface area contributed by atoms with Crippen molar-refractivity contribution in [3.05, 3.63) is 0 Å². The normalized spacial score (nSPS) is 16.8. The zero-order valence-electron chi connectivity index (χ0n) is 29.3. The number of carbonyl (C=O) groups excluding carboxylic acids is 2. The van der Waals surface area contributed by atoms with Gasteiger partial charge in [0.05, 0.1) is 13.2 Å². The average molecular weight is 624 g/mol. The molecule has 0 unspecified atom stereocenters. The van der Waals surface area contributed by atoms with Crippen LogP contribution in [0, 0.1) is 5.92 Å². The van der Waals surface area contributed by atoms with Gasteiger partial charge in [-0.1, -0.05) is 117 Å². The number of unbranched alkanes of at least 4 members (excludes halogenated alkanes) is 16. The Hall–Kier alpha value is -1.14. The van der Waals surface area contributed by atoms with Gasteiger partial charge in [0.25, 0.3) is 0 Å². The van der Waals surface area contributed by atoms with Crippen molar-refractivity contribution < 1.29 is 24.2 Å². The molecule has 0 spiro atoms. The minimum absolute atomic E-state index is 0.00675. The monoisotopic (exact) mass is 624 g/mol. The van der Waals surface area contributed by atoms with Crippen LogP contribution in [0.25, 0.3) is 0 Å². The standard InChI is InChI=1S/C38H73NO5/c1-3-5-7-8-9-16-22-34-43-37(41)24-18-12-10-14-20-30-39(32-33-40)31-21-15-11-13-19-25-38(42)44-36-28-26-35(27-29-36)23-17-6-4-2/h35-36,40H,3-34H2,1-2H3. The van der Waals surface area contributed by atoms with Crippen LogP contribution in [0.2, 0.25) is 0 Å². The van der Waals surface area contributed by atoms with E-state index in [1.54, 1.807) is 0 Å². The fraction of sp³-hybridized carbons (Fsp3) is 0.947. The molecule has 1 N–H and O–H groups in total. The van der Waals surface area contributed by atoms with Crippen molar-refractivity contribution in [3.63, 3.8) is 0 Å². The molecule has 0 amide bonds. The number of aliphatic hydroxyl groups excluding tert-OH is 1. The second kappa shape index (κ2) is 30.5. The summed E-state index contributed by atoms with van der Waals surface area (Å²) in [7, 11) is 0. The van der Waals surface area contributed by atoms with Crippen molar-refractivity contribution in [2.24, 2.45) is 5.92 Å². The third-order valence-corrected chi connectivity index (χ3v) is 9.45. The first kappa shape index (κ1) is 40.9. The number of nitrogens with zero attached hydrogens (tertiary/aromatic N) is 1. The molecule has 0 aromatic heterocycles. The minimum Gasteiger partial charge on any atom is -0.466 e. The van der Waals surface area contributed by atoms with Crippen molar-refractivity contribution in [2.75, 3.05) is 32.8 Å². The number of aliphatic hydroxyl groups is 1. The van der Waals surface area contributed by atoms with Gasteiger partial charge in [0, 0.05) is 19.4 Å². The van der Waals surface area contributed by atoms with Crippen LogP contribution in [0.5, 0.6) is 0 Å². The fourth-order valence-electron chi connectivity index (χ4n) is 6.53. The summed E-state index contributed by atoms with van der Waals surface area (Å²) in [5, 5.41) is 9.47. The number of hydrogen-bond acceptors (Lipinski definition) is 6. The zero-order valence-corrected chi connectivity index (χ0v) is 29.3.